The molecule has 0 aliphatic heterocycles. The fraction of sp³-hybridized carbons (Fsp3) is 0.167. The first-order chi connectivity index (χ1) is 10.6. The molecule has 3 nitrogen and oxygen atoms in total. The summed E-state index contributed by atoms with van der Waals surface area (Å²) in [5, 5.41) is 3.59. The van der Waals surface area contributed by atoms with Gasteiger partial charge in [-0.15, -0.1) is 0 Å². The van der Waals surface area contributed by atoms with Crippen molar-refractivity contribution in [2.75, 3.05) is 7.11 Å². The van der Waals surface area contributed by atoms with Gasteiger partial charge >= 0.3 is 0 Å². The number of para-hydroxylation sites is 1. The third-order valence-electron chi connectivity index (χ3n) is 3.26. The van der Waals surface area contributed by atoms with E-state index >= 15 is 0 Å². The number of amides is 1. The van der Waals surface area contributed by atoms with Gasteiger partial charge in [0.05, 0.1) is 13.2 Å². The Morgan fingerprint density at radius 2 is 1.86 bits per heavy atom. The van der Waals surface area contributed by atoms with Gasteiger partial charge in [0.25, 0.3) is 0 Å². The normalized spacial score (nSPS) is 12.1. The van der Waals surface area contributed by atoms with Crippen LogP contribution in [0.1, 0.15) is 24.1 Å². The van der Waals surface area contributed by atoms with E-state index in [1.54, 1.807) is 25.3 Å². The van der Waals surface area contributed by atoms with Crippen molar-refractivity contribution >= 4 is 23.6 Å². The summed E-state index contributed by atoms with van der Waals surface area (Å²) in [5.74, 6) is 0.602. The van der Waals surface area contributed by atoms with Gasteiger partial charge in [-0.2, -0.15) is 0 Å². The molecule has 0 bridgehead atoms. The van der Waals surface area contributed by atoms with Gasteiger partial charge in [0.2, 0.25) is 5.91 Å². The number of nitrogens with one attached hydrogen (secondary N) is 1. The summed E-state index contributed by atoms with van der Waals surface area (Å²) in [6, 6.07) is 14.8. The zero-order chi connectivity index (χ0) is 15.9. The van der Waals surface area contributed by atoms with Crippen LogP contribution in [0.15, 0.2) is 54.6 Å². The predicted octanol–water partition coefficient (Wildman–Crippen LogP) is 4.24. The molecule has 0 saturated heterocycles. The van der Waals surface area contributed by atoms with Gasteiger partial charge < -0.3 is 10.1 Å². The minimum atomic E-state index is -0.159. The van der Waals surface area contributed by atoms with Crippen molar-refractivity contribution in [3.05, 3.63) is 70.8 Å². The molecule has 2 aromatic rings. The number of ether oxygens (including phenoxy) is 1. The van der Waals surface area contributed by atoms with Gasteiger partial charge in [0.1, 0.15) is 5.75 Å². The number of methoxy groups -OCH3 is 1. The second-order valence-electron chi connectivity index (χ2n) is 4.86. The van der Waals surface area contributed by atoms with E-state index in [9.17, 15) is 4.79 Å². The standard InChI is InChI=1S/C18H18ClNO2/c1-13(16-5-3-4-6-17(16)22-2)20-18(21)12-9-14-7-10-15(19)11-8-14/h3-13H,1-2H3,(H,20,21)/b12-9+/t13-/m0/s1. The Hall–Kier alpha value is -2.26. The lowest BCUT2D eigenvalue weighted by Gasteiger charge is -2.16. The summed E-state index contributed by atoms with van der Waals surface area (Å²) < 4.78 is 5.31. The second kappa shape index (κ2) is 7.66. The Balaban J connectivity index is 2.00. The quantitative estimate of drug-likeness (QED) is 0.838. The highest BCUT2D eigenvalue weighted by Crippen LogP contribution is 2.24. The average Bonchev–Trinajstić information content (AvgIpc) is 2.54. The van der Waals surface area contributed by atoms with Crippen LogP contribution in [0.25, 0.3) is 6.08 Å². The lowest BCUT2D eigenvalue weighted by molar-refractivity contribution is -0.117. The van der Waals surface area contributed by atoms with E-state index in [0.29, 0.717) is 5.02 Å². The van der Waals surface area contributed by atoms with Crippen molar-refractivity contribution in [1.82, 2.24) is 5.32 Å². The molecule has 0 saturated carbocycles. The molecule has 0 fully saturated rings. The molecule has 2 rings (SSSR count). The largest absolute Gasteiger partial charge is 0.496 e. The number of benzene rings is 2. The summed E-state index contributed by atoms with van der Waals surface area (Å²) in [6.45, 7) is 1.92. The summed E-state index contributed by atoms with van der Waals surface area (Å²) in [6.07, 6.45) is 3.26. The molecule has 22 heavy (non-hydrogen) atoms. The van der Waals surface area contributed by atoms with Crippen molar-refractivity contribution < 1.29 is 9.53 Å². The van der Waals surface area contributed by atoms with E-state index in [1.165, 1.54) is 6.08 Å². The van der Waals surface area contributed by atoms with Crippen LogP contribution in [0.2, 0.25) is 5.02 Å². The Labute approximate surface area is 135 Å². The monoisotopic (exact) mass is 315 g/mol. The Kier molecular flexibility index (Phi) is 5.61. The van der Waals surface area contributed by atoms with Gasteiger partial charge in [-0.1, -0.05) is 41.9 Å². The molecule has 0 spiro atoms. The molecule has 1 amide bonds. The average molecular weight is 316 g/mol. The van der Waals surface area contributed by atoms with Crippen LogP contribution in [0, 0.1) is 0 Å². The van der Waals surface area contributed by atoms with Crippen molar-refractivity contribution in [2.45, 2.75) is 13.0 Å². The number of hydrogen-bond acceptors (Lipinski definition) is 2. The van der Waals surface area contributed by atoms with Crippen LogP contribution in [0.4, 0.5) is 0 Å². The van der Waals surface area contributed by atoms with Crippen LogP contribution in [-0.2, 0) is 4.79 Å². The summed E-state index contributed by atoms with van der Waals surface area (Å²) in [4.78, 5) is 12.0. The minimum Gasteiger partial charge on any atom is -0.496 e. The summed E-state index contributed by atoms with van der Waals surface area (Å²) in [7, 11) is 1.62. The van der Waals surface area contributed by atoms with E-state index in [0.717, 1.165) is 16.9 Å². The first-order valence-corrected chi connectivity index (χ1v) is 7.35. The minimum absolute atomic E-state index is 0.140. The van der Waals surface area contributed by atoms with E-state index in [1.807, 2.05) is 43.3 Å². The van der Waals surface area contributed by atoms with E-state index in [4.69, 9.17) is 16.3 Å². The number of hydrogen-bond donors (Lipinski definition) is 1. The number of halogens is 1. The molecule has 0 aromatic heterocycles. The smallest absolute Gasteiger partial charge is 0.244 e. The highest BCUT2D eigenvalue weighted by atomic mass is 35.5. The van der Waals surface area contributed by atoms with Crippen molar-refractivity contribution in [3.63, 3.8) is 0 Å². The second-order valence-corrected chi connectivity index (χ2v) is 5.29. The molecule has 0 radical (unpaired) electrons. The predicted molar refractivity (Wildman–Crippen MR) is 90.0 cm³/mol. The molecule has 0 aliphatic rings. The number of rotatable bonds is 5. The maximum absolute atomic E-state index is 12.0. The lowest BCUT2D eigenvalue weighted by atomic mass is 10.1. The van der Waals surface area contributed by atoms with Crippen LogP contribution in [0.3, 0.4) is 0 Å². The topological polar surface area (TPSA) is 38.3 Å². The van der Waals surface area contributed by atoms with Gasteiger partial charge in [-0.25, -0.2) is 0 Å². The van der Waals surface area contributed by atoms with Crippen molar-refractivity contribution in [2.24, 2.45) is 0 Å². The molecule has 1 atom stereocenters. The molecule has 1 N–H and O–H groups in total. The molecule has 4 heteroatoms. The Bertz CT molecular complexity index is 665. The maximum Gasteiger partial charge on any atom is 0.244 e. The molecule has 114 valence electrons. The SMILES string of the molecule is COc1ccccc1[C@H](C)NC(=O)/C=C/c1ccc(Cl)cc1. The fourth-order valence-corrected chi connectivity index (χ4v) is 2.24. The summed E-state index contributed by atoms with van der Waals surface area (Å²) >= 11 is 5.82. The van der Waals surface area contributed by atoms with Crippen molar-refractivity contribution in [3.8, 4) is 5.75 Å². The molecule has 0 heterocycles. The van der Waals surface area contributed by atoms with E-state index in [-0.39, 0.29) is 11.9 Å². The lowest BCUT2D eigenvalue weighted by Crippen LogP contribution is -2.24. The Morgan fingerprint density at radius 3 is 2.55 bits per heavy atom. The maximum atomic E-state index is 12.0. The molecule has 0 aliphatic carbocycles. The van der Waals surface area contributed by atoms with Crippen molar-refractivity contribution in [1.29, 1.82) is 0 Å². The van der Waals surface area contributed by atoms with E-state index < -0.39 is 0 Å². The van der Waals surface area contributed by atoms with Gasteiger partial charge in [0, 0.05) is 16.7 Å². The van der Waals surface area contributed by atoms with E-state index in [2.05, 4.69) is 5.32 Å². The van der Waals surface area contributed by atoms with Gasteiger partial charge in [-0.05, 0) is 36.8 Å². The Morgan fingerprint density at radius 1 is 1.18 bits per heavy atom. The number of carbonyl (C=O) groups excluding carboxylic acids is 1. The molecular weight excluding hydrogens is 298 g/mol. The molecule has 0 unspecified atom stereocenters. The fourth-order valence-electron chi connectivity index (χ4n) is 2.11. The van der Waals surface area contributed by atoms with Crippen LogP contribution < -0.4 is 10.1 Å². The van der Waals surface area contributed by atoms with Crippen LogP contribution >= 0.6 is 11.6 Å². The van der Waals surface area contributed by atoms with Crippen LogP contribution in [0.5, 0.6) is 5.75 Å². The van der Waals surface area contributed by atoms with Crippen LogP contribution in [-0.4, -0.2) is 13.0 Å². The first kappa shape index (κ1) is 16.1. The van der Waals surface area contributed by atoms with Gasteiger partial charge in [0.15, 0.2) is 0 Å². The molecule has 2 aromatic carbocycles. The highest BCUT2D eigenvalue weighted by molar-refractivity contribution is 6.30. The third-order valence-corrected chi connectivity index (χ3v) is 3.51. The highest BCUT2D eigenvalue weighted by Gasteiger charge is 2.11. The zero-order valence-electron chi connectivity index (χ0n) is 12.5. The number of carbonyl (C=O) groups is 1. The first-order valence-electron chi connectivity index (χ1n) is 6.97. The van der Waals surface area contributed by atoms with Gasteiger partial charge in [-0.3, -0.25) is 4.79 Å². The third kappa shape index (κ3) is 4.37. The summed E-state index contributed by atoms with van der Waals surface area (Å²) in [5.41, 5.74) is 1.86. The molecular formula is C18H18ClNO2. The zero-order valence-corrected chi connectivity index (χ0v) is 13.3.